The van der Waals surface area contributed by atoms with Gasteiger partial charge in [0.15, 0.2) is 0 Å². The molecule has 236 valence electrons. The van der Waals surface area contributed by atoms with Gasteiger partial charge in [0.2, 0.25) is 11.8 Å². The van der Waals surface area contributed by atoms with Crippen molar-refractivity contribution in [1.29, 1.82) is 0 Å². The molecule has 0 bridgehead atoms. The zero-order valence-corrected chi connectivity index (χ0v) is 28.0. The third kappa shape index (κ3) is 9.23. The number of halogens is 3. The van der Waals surface area contributed by atoms with Gasteiger partial charge in [-0.3, -0.25) is 13.9 Å². The Kier molecular flexibility index (Phi) is 11.9. The number of sulfonamides is 1. The largest absolute Gasteiger partial charge is 0.352 e. The topological polar surface area (TPSA) is 86.8 Å². The van der Waals surface area contributed by atoms with Crippen molar-refractivity contribution >= 4 is 62.3 Å². The van der Waals surface area contributed by atoms with Crippen LogP contribution in [0.3, 0.4) is 0 Å². The lowest BCUT2D eigenvalue weighted by Gasteiger charge is -2.34. The maximum absolute atomic E-state index is 14.5. The van der Waals surface area contributed by atoms with Crippen LogP contribution >= 0.6 is 34.8 Å². The van der Waals surface area contributed by atoms with Crippen molar-refractivity contribution in [3.05, 3.63) is 129 Å². The highest BCUT2D eigenvalue weighted by Crippen LogP contribution is 2.28. The molecule has 0 fully saturated rings. The Labute approximate surface area is 279 Å². The molecular formula is C34H34Cl3N3O4S. The van der Waals surface area contributed by atoms with E-state index in [1.54, 1.807) is 42.5 Å². The number of nitrogens with zero attached hydrogens (tertiary/aromatic N) is 2. The summed E-state index contributed by atoms with van der Waals surface area (Å²) in [6, 6.07) is 27.2. The van der Waals surface area contributed by atoms with Crippen LogP contribution in [-0.2, 0) is 32.6 Å². The molecule has 2 amide bonds. The molecule has 0 aliphatic heterocycles. The van der Waals surface area contributed by atoms with Crippen LogP contribution in [0, 0.1) is 0 Å². The SMILES string of the molecule is CC[C@H](C)NC(=O)[C@H](Cc1ccccc1)N(Cc1cccc(Cl)c1)C(=O)CN(c1cccc(Cl)c1)S(=O)(=O)c1ccc(Cl)cc1. The Morgan fingerprint density at radius 3 is 2.02 bits per heavy atom. The summed E-state index contributed by atoms with van der Waals surface area (Å²) in [4.78, 5) is 29.7. The first-order valence-corrected chi connectivity index (χ1v) is 17.0. The van der Waals surface area contributed by atoms with Crippen molar-refractivity contribution in [1.82, 2.24) is 10.2 Å². The van der Waals surface area contributed by atoms with Gasteiger partial charge in [0.25, 0.3) is 10.0 Å². The molecule has 4 aromatic rings. The lowest BCUT2D eigenvalue weighted by atomic mass is 10.0. The number of hydrogen-bond acceptors (Lipinski definition) is 4. The zero-order valence-electron chi connectivity index (χ0n) is 24.9. The van der Waals surface area contributed by atoms with Gasteiger partial charge in [-0.15, -0.1) is 0 Å². The molecule has 0 saturated carbocycles. The maximum atomic E-state index is 14.5. The van der Waals surface area contributed by atoms with Crippen LogP contribution in [-0.4, -0.2) is 43.8 Å². The molecule has 4 rings (SSSR count). The Hall–Kier alpha value is -3.56. The highest BCUT2D eigenvalue weighted by Gasteiger charge is 2.35. The van der Waals surface area contributed by atoms with E-state index in [9.17, 15) is 18.0 Å². The molecule has 1 N–H and O–H groups in total. The van der Waals surface area contributed by atoms with E-state index in [-0.39, 0.29) is 35.5 Å². The van der Waals surface area contributed by atoms with Crippen molar-refractivity contribution in [2.45, 2.75) is 50.2 Å². The third-order valence-electron chi connectivity index (χ3n) is 7.29. The molecule has 0 aromatic heterocycles. The monoisotopic (exact) mass is 685 g/mol. The van der Waals surface area contributed by atoms with Crippen molar-refractivity contribution in [2.75, 3.05) is 10.8 Å². The number of amides is 2. The standard InChI is InChI=1S/C34H34Cl3N3O4S/c1-3-24(2)38-34(42)32(20-25-9-5-4-6-10-25)39(22-26-11-7-12-28(36)19-26)33(41)23-40(30-14-8-13-29(37)21-30)45(43,44)31-17-15-27(35)16-18-31/h4-19,21,24,32H,3,20,22-23H2,1-2H3,(H,38,42)/t24-,32-/m0/s1. The van der Waals surface area contributed by atoms with Gasteiger partial charge in [0.1, 0.15) is 12.6 Å². The van der Waals surface area contributed by atoms with Gasteiger partial charge >= 0.3 is 0 Å². The molecule has 4 aromatic carbocycles. The van der Waals surface area contributed by atoms with E-state index in [0.717, 1.165) is 9.87 Å². The number of nitrogens with one attached hydrogen (secondary N) is 1. The maximum Gasteiger partial charge on any atom is 0.264 e. The Bertz CT molecular complexity index is 1720. The molecule has 2 atom stereocenters. The van der Waals surface area contributed by atoms with E-state index >= 15 is 0 Å². The van der Waals surface area contributed by atoms with Crippen LogP contribution < -0.4 is 9.62 Å². The lowest BCUT2D eigenvalue weighted by Crippen LogP contribution is -2.54. The summed E-state index contributed by atoms with van der Waals surface area (Å²) in [5.74, 6) is -0.939. The minimum atomic E-state index is -4.28. The molecule has 0 aliphatic carbocycles. The second kappa shape index (κ2) is 15.6. The minimum absolute atomic E-state index is 0.00912. The highest BCUT2D eigenvalue weighted by molar-refractivity contribution is 7.92. The van der Waals surface area contributed by atoms with E-state index in [4.69, 9.17) is 34.8 Å². The lowest BCUT2D eigenvalue weighted by molar-refractivity contribution is -0.140. The van der Waals surface area contributed by atoms with Gasteiger partial charge in [-0.2, -0.15) is 0 Å². The first-order valence-electron chi connectivity index (χ1n) is 14.4. The van der Waals surface area contributed by atoms with Crippen LogP contribution in [0.25, 0.3) is 0 Å². The second-order valence-corrected chi connectivity index (χ2v) is 13.8. The van der Waals surface area contributed by atoms with Crippen LogP contribution in [0.2, 0.25) is 15.1 Å². The van der Waals surface area contributed by atoms with Crippen molar-refractivity contribution < 1.29 is 18.0 Å². The predicted molar refractivity (Wildman–Crippen MR) is 181 cm³/mol. The number of benzene rings is 4. The fraction of sp³-hybridized carbons (Fsp3) is 0.235. The summed E-state index contributed by atoms with van der Waals surface area (Å²) in [6.07, 6.45) is 0.893. The minimum Gasteiger partial charge on any atom is -0.352 e. The summed E-state index contributed by atoms with van der Waals surface area (Å²) in [6.45, 7) is 3.25. The molecular weight excluding hydrogens is 653 g/mol. The molecule has 0 unspecified atom stereocenters. The molecule has 0 radical (unpaired) electrons. The number of anilines is 1. The zero-order chi connectivity index (χ0) is 32.6. The smallest absolute Gasteiger partial charge is 0.264 e. The van der Waals surface area contributed by atoms with E-state index in [1.165, 1.54) is 35.2 Å². The van der Waals surface area contributed by atoms with Crippen molar-refractivity contribution in [3.8, 4) is 0 Å². The van der Waals surface area contributed by atoms with Crippen LogP contribution in [0.4, 0.5) is 5.69 Å². The van der Waals surface area contributed by atoms with E-state index in [1.807, 2.05) is 44.2 Å². The van der Waals surface area contributed by atoms with Crippen LogP contribution in [0.15, 0.2) is 108 Å². The summed E-state index contributed by atoms with van der Waals surface area (Å²) < 4.78 is 29.1. The first-order chi connectivity index (χ1) is 21.5. The van der Waals surface area contributed by atoms with Gasteiger partial charge in [-0.1, -0.05) is 90.3 Å². The molecule has 0 spiro atoms. The molecule has 0 saturated heterocycles. The normalized spacial score (nSPS) is 12.6. The van der Waals surface area contributed by atoms with E-state index < -0.39 is 28.5 Å². The molecule has 11 heteroatoms. The summed E-state index contributed by atoms with van der Waals surface area (Å²) in [5, 5.41) is 4.14. The number of hydrogen-bond donors (Lipinski definition) is 1. The Morgan fingerprint density at radius 1 is 0.778 bits per heavy atom. The number of rotatable bonds is 13. The Balaban J connectivity index is 1.81. The molecule has 0 heterocycles. The summed E-state index contributed by atoms with van der Waals surface area (Å²) in [5.41, 5.74) is 1.71. The summed E-state index contributed by atoms with van der Waals surface area (Å²) in [7, 11) is -4.28. The number of carbonyl (C=O) groups excluding carboxylic acids is 2. The molecule has 0 aliphatic rings. The Morgan fingerprint density at radius 2 is 1.40 bits per heavy atom. The fourth-order valence-electron chi connectivity index (χ4n) is 4.72. The quantitative estimate of drug-likeness (QED) is 0.159. The van der Waals surface area contributed by atoms with E-state index in [2.05, 4.69) is 5.32 Å². The van der Waals surface area contributed by atoms with Gasteiger partial charge in [0.05, 0.1) is 10.6 Å². The van der Waals surface area contributed by atoms with Crippen molar-refractivity contribution in [3.63, 3.8) is 0 Å². The second-order valence-electron chi connectivity index (χ2n) is 10.6. The van der Waals surface area contributed by atoms with Gasteiger partial charge in [0, 0.05) is 34.1 Å². The predicted octanol–water partition coefficient (Wildman–Crippen LogP) is 7.40. The van der Waals surface area contributed by atoms with Crippen LogP contribution in [0.1, 0.15) is 31.4 Å². The van der Waals surface area contributed by atoms with Gasteiger partial charge in [-0.25, -0.2) is 8.42 Å². The summed E-state index contributed by atoms with van der Waals surface area (Å²) >= 11 is 18.6. The van der Waals surface area contributed by atoms with E-state index in [0.29, 0.717) is 27.1 Å². The number of carbonyl (C=O) groups is 2. The first kappa shape index (κ1) is 34.3. The third-order valence-corrected chi connectivity index (χ3v) is 9.80. The highest BCUT2D eigenvalue weighted by atomic mass is 35.5. The average molecular weight is 687 g/mol. The molecule has 45 heavy (non-hydrogen) atoms. The fourth-order valence-corrected chi connectivity index (χ4v) is 6.65. The van der Waals surface area contributed by atoms with Gasteiger partial charge in [-0.05, 0) is 79.1 Å². The van der Waals surface area contributed by atoms with Gasteiger partial charge < -0.3 is 10.2 Å². The van der Waals surface area contributed by atoms with Crippen LogP contribution in [0.5, 0.6) is 0 Å². The average Bonchev–Trinajstić information content (AvgIpc) is 3.02. The molecule has 7 nitrogen and oxygen atoms in total. The van der Waals surface area contributed by atoms with Crippen molar-refractivity contribution in [2.24, 2.45) is 0 Å².